The topological polar surface area (TPSA) is 90.0 Å². The number of aromatic amines is 1. The SMILES string of the molecule is C=C(NNC(=O)c1[nH]nc(-c2ccccc2)c1C)c1ccccc1O. The zero-order chi connectivity index (χ0) is 17.8. The Kier molecular flexibility index (Phi) is 4.52. The lowest BCUT2D eigenvalue weighted by atomic mass is 10.1. The van der Waals surface area contributed by atoms with Gasteiger partial charge >= 0.3 is 0 Å². The molecule has 0 spiro atoms. The van der Waals surface area contributed by atoms with E-state index in [1.54, 1.807) is 24.3 Å². The van der Waals surface area contributed by atoms with Gasteiger partial charge in [0.2, 0.25) is 0 Å². The number of carbonyl (C=O) groups is 1. The predicted molar refractivity (Wildman–Crippen MR) is 96.5 cm³/mol. The molecule has 0 bridgehead atoms. The van der Waals surface area contributed by atoms with Crippen LogP contribution in [-0.4, -0.2) is 21.2 Å². The van der Waals surface area contributed by atoms with Crippen LogP contribution in [0.1, 0.15) is 21.6 Å². The lowest BCUT2D eigenvalue weighted by Crippen LogP contribution is -2.36. The van der Waals surface area contributed by atoms with Crippen LogP contribution in [0, 0.1) is 6.92 Å². The van der Waals surface area contributed by atoms with Crippen LogP contribution in [0.5, 0.6) is 5.75 Å². The number of rotatable bonds is 5. The first-order valence-electron chi connectivity index (χ1n) is 7.72. The number of carbonyl (C=O) groups excluding carboxylic acids is 1. The molecular formula is C19H18N4O2. The van der Waals surface area contributed by atoms with Crippen molar-refractivity contribution in [3.8, 4) is 17.0 Å². The van der Waals surface area contributed by atoms with Crippen LogP contribution >= 0.6 is 0 Å². The van der Waals surface area contributed by atoms with Gasteiger partial charge in [-0.15, -0.1) is 0 Å². The minimum Gasteiger partial charge on any atom is -0.507 e. The van der Waals surface area contributed by atoms with Crippen molar-refractivity contribution in [2.24, 2.45) is 0 Å². The first-order valence-corrected chi connectivity index (χ1v) is 7.72. The summed E-state index contributed by atoms with van der Waals surface area (Å²) in [5, 5.41) is 16.8. The molecule has 4 N–H and O–H groups in total. The molecule has 3 aromatic rings. The van der Waals surface area contributed by atoms with Gasteiger partial charge in [0.15, 0.2) is 0 Å². The van der Waals surface area contributed by atoms with E-state index in [2.05, 4.69) is 27.6 Å². The second kappa shape index (κ2) is 6.92. The van der Waals surface area contributed by atoms with Crippen molar-refractivity contribution < 1.29 is 9.90 Å². The number of H-pyrrole nitrogens is 1. The number of para-hydroxylation sites is 1. The van der Waals surface area contributed by atoms with Crippen LogP contribution < -0.4 is 10.9 Å². The molecule has 126 valence electrons. The molecular weight excluding hydrogens is 316 g/mol. The number of phenols is 1. The number of nitrogens with one attached hydrogen (secondary N) is 3. The summed E-state index contributed by atoms with van der Waals surface area (Å²) in [5.41, 5.74) is 8.93. The molecule has 0 saturated heterocycles. The molecule has 0 aliphatic carbocycles. The third-order valence-electron chi connectivity index (χ3n) is 3.84. The first kappa shape index (κ1) is 16.3. The van der Waals surface area contributed by atoms with Crippen molar-refractivity contribution >= 4 is 11.6 Å². The minimum atomic E-state index is -0.372. The number of benzene rings is 2. The van der Waals surface area contributed by atoms with Crippen LogP contribution in [0.25, 0.3) is 17.0 Å². The fourth-order valence-electron chi connectivity index (χ4n) is 2.49. The summed E-state index contributed by atoms with van der Waals surface area (Å²) in [6.45, 7) is 5.65. The van der Waals surface area contributed by atoms with Crippen LogP contribution in [0.2, 0.25) is 0 Å². The number of amides is 1. The molecule has 1 aromatic heterocycles. The summed E-state index contributed by atoms with van der Waals surface area (Å²) in [6.07, 6.45) is 0. The highest BCUT2D eigenvalue weighted by Gasteiger charge is 2.17. The Bertz CT molecular complexity index is 916. The van der Waals surface area contributed by atoms with Gasteiger partial charge in [0.1, 0.15) is 11.4 Å². The van der Waals surface area contributed by atoms with Crippen LogP contribution in [0.4, 0.5) is 0 Å². The molecule has 1 amide bonds. The lowest BCUT2D eigenvalue weighted by molar-refractivity contribution is 0.0936. The molecule has 25 heavy (non-hydrogen) atoms. The van der Waals surface area contributed by atoms with E-state index in [1.807, 2.05) is 37.3 Å². The maximum atomic E-state index is 12.4. The highest BCUT2D eigenvalue weighted by atomic mass is 16.3. The fourth-order valence-corrected chi connectivity index (χ4v) is 2.49. The van der Waals surface area contributed by atoms with E-state index in [0.29, 0.717) is 17.0 Å². The monoisotopic (exact) mass is 334 g/mol. The third kappa shape index (κ3) is 3.37. The molecule has 3 rings (SSSR count). The average molecular weight is 334 g/mol. The van der Waals surface area contributed by atoms with Gasteiger partial charge < -0.3 is 5.11 Å². The van der Waals surface area contributed by atoms with E-state index in [0.717, 1.165) is 16.8 Å². The minimum absolute atomic E-state index is 0.0818. The van der Waals surface area contributed by atoms with Crippen molar-refractivity contribution in [1.29, 1.82) is 0 Å². The predicted octanol–water partition coefficient (Wildman–Crippen LogP) is 3.00. The van der Waals surface area contributed by atoms with E-state index >= 15 is 0 Å². The van der Waals surface area contributed by atoms with E-state index in [-0.39, 0.29) is 11.7 Å². The standard InChI is InChI=1S/C19H18N4O2/c1-12-17(14-8-4-3-5-9-14)21-22-18(12)19(25)23-20-13(2)15-10-6-7-11-16(15)24/h3-11,20,24H,2H2,1H3,(H,21,22)(H,23,25). The van der Waals surface area contributed by atoms with Crippen LogP contribution in [0.15, 0.2) is 61.2 Å². The maximum Gasteiger partial charge on any atom is 0.287 e. The molecule has 0 saturated carbocycles. The van der Waals surface area contributed by atoms with Gasteiger partial charge in [0, 0.05) is 16.7 Å². The van der Waals surface area contributed by atoms with E-state index < -0.39 is 0 Å². The Morgan fingerprint density at radius 3 is 2.48 bits per heavy atom. The van der Waals surface area contributed by atoms with Crippen molar-refractivity contribution in [3.63, 3.8) is 0 Å². The van der Waals surface area contributed by atoms with Crippen molar-refractivity contribution in [3.05, 3.63) is 78.0 Å². The molecule has 0 aliphatic rings. The summed E-state index contributed by atoms with van der Waals surface area (Å²) in [4.78, 5) is 12.4. The largest absolute Gasteiger partial charge is 0.507 e. The van der Waals surface area contributed by atoms with Gasteiger partial charge in [-0.1, -0.05) is 49.0 Å². The number of aromatic nitrogens is 2. The van der Waals surface area contributed by atoms with Crippen molar-refractivity contribution in [2.45, 2.75) is 6.92 Å². The Morgan fingerprint density at radius 1 is 1.08 bits per heavy atom. The third-order valence-corrected chi connectivity index (χ3v) is 3.84. The van der Waals surface area contributed by atoms with E-state index in [9.17, 15) is 9.90 Å². The number of hydrogen-bond donors (Lipinski definition) is 4. The molecule has 0 atom stereocenters. The van der Waals surface area contributed by atoms with Gasteiger partial charge in [-0.05, 0) is 19.1 Å². The molecule has 1 heterocycles. The number of hydrazine groups is 1. The number of phenolic OH excluding ortho intramolecular Hbond substituents is 1. The molecule has 0 aliphatic heterocycles. The lowest BCUT2D eigenvalue weighted by Gasteiger charge is -2.12. The van der Waals surface area contributed by atoms with E-state index in [4.69, 9.17) is 0 Å². The smallest absolute Gasteiger partial charge is 0.287 e. The van der Waals surface area contributed by atoms with Crippen molar-refractivity contribution in [2.75, 3.05) is 0 Å². The zero-order valence-corrected chi connectivity index (χ0v) is 13.7. The van der Waals surface area contributed by atoms with Crippen molar-refractivity contribution in [1.82, 2.24) is 21.0 Å². The molecule has 0 radical (unpaired) electrons. The summed E-state index contributed by atoms with van der Waals surface area (Å²) in [5.74, 6) is -0.290. The second-order valence-electron chi connectivity index (χ2n) is 5.51. The molecule has 6 nitrogen and oxygen atoms in total. The second-order valence-corrected chi connectivity index (χ2v) is 5.51. The Balaban J connectivity index is 1.71. The van der Waals surface area contributed by atoms with Gasteiger partial charge in [-0.25, -0.2) is 0 Å². The molecule has 6 heteroatoms. The fraction of sp³-hybridized carbons (Fsp3) is 0.0526. The number of nitrogens with zero attached hydrogens (tertiary/aromatic N) is 1. The number of aromatic hydroxyl groups is 1. The normalized spacial score (nSPS) is 10.3. The van der Waals surface area contributed by atoms with Crippen LogP contribution in [0.3, 0.4) is 0 Å². The summed E-state index contributed by atoms with van der Waals surface area (Å²) >= 11 is 0. The van der Waals surface area contributed by atoms with Gasteiger partial charge in [-0.3, -0.25) is 20.7 Å². The van der Waals surface area contributed by atoms with E-state index in [1.165, 1.54) is 0 Å². The maximum absolute atomic E-state index is 12.4. The highest BCUT2D eigenvalue weighted by molar-refractivity contribution is 5.95. The molecule has 0 unspecified atom stereocenters. The summed E-state index contributed by atoms with van der Waals surface area (Å²) in [7, 11) is 0. The Labute approximate surface area is 145 Å². The zero-order valence-electron chi connectivity index (χ0n) is 13.7. The molecule has 2 aromatic carbocycles. The van der Waals surface area contributed by atoms with Gasteiger partial charge in [-0.2, -0.15) is 5.10 Å². The quantitative estimate of drug-likeness (QED) is 0.540. The summed E-state index contributed by atoms with van der Waals surface area (Å²) < 4.78 is 0. The van der Waals surface area contributed by atoms with Crippen LogP contribution in [-0.2, 0) is 0 Å². The Morgan fingerprint density at radius 2 is 1.76 bits per heavy atom. The molecule has 0 fully saturated rings. The van der Waals surface area contributed by atoms with Gasteiger partial charge in [0.25, 0.3) is 5.91 Å². The van der Waals surface area contributed by atoms with Gasteiger partial charge in [0.05, 0.1) is 11.4 Å². The summed E-state index contributed by atoms with van der Waals surface area (Å²) in [6, 6.07) is 16.4. The number of hydrogen-bond acceptors (Lipinski definition) is 4. The first-order chi connectivity index (χ1) is 12.1. The Hall–Kier alpha value is -3.54. The highest BCUT2D eigenvalue weighted by Crippen LogP contribution is 2.23. The average Bonchev–Trinajstić information content (AvgIpc) is 3.02.